The molecule has 0 radical (unpaired) electrons. The third-order valence-electron chi connectivity index (χ3n) is 5.81. The Labute approximate surface area is 180 Å². The number of nitrogens with one attached hydrogen (secondary N) is 3. The second kappa shape index (κ2) is 10.1. The van der Waals surface area contributed by atoms with Crippen molar-refractivity contribution in [2.75, 3.05) is 20.1 Å². The second-order valence-electron chi connectivity index (χ2n) is 7.75. The molecule has 2 aromatic rings. The Morgan fingerprint density at radius 3 is 2.27 bits per heavy atom. The van der Waals surface area contributed by atoms with Crippen LogP contribution in [0.5, 0.6) is 0 Å². The van der Waals surface area contributed by atoms with Crippen LogP contribution in [0.2, 0.25) is 0 Å². The number of sulfonamides is 1. The van der Waals surface area contributed by atoms with Crippen molar-refractivity contribution >= 4 is 16.0 Å². The fourth-order valence-corrected chi connectivity index (χ4v) is 4.80. The molecule has 1 fully saturated rings. The number of rotatable bonds is 8. The number of hydrogen-bond donors (Lipinski definition) is 3. The van der Waals surface area contributed by atoms with Gasteiger partial charge in [-0.25, -0.2) is 18.1 Å². The standard InChI is InChI=1S/C23H32N4O2S/c1-3-25-22(26-17-19-11-13-21(14-12-19)30(28,29)24-2)27-18-23(15-7-8-16-23)20-9-5-4-6-10-20/h4-6,9-14,24H,3,7-8,15-18H2,1-2H3,(H2,25,26,27). The van der Waals surface area contributed by atoms with Gasteiger partial charge >= 0.3 is 0 Å². The highest BCUT2D eigenvalue weighted by Crippen LogP contribution is 2.40. The number of nitrogens with zero attached hydrogens (tertiary/aromatic N) is 1. The van der Waals surface area contributed by atoms with Gasteiger partial charge in [-0.3, -0.25) is 0 Å². The molecule has 1 aliphatic carbocycles. The third kappa shape index (κ3) is 5.40. The quantitative estimate of drug-likeness (QED) is 0.446. The second-order valence-corrected chi connectivity index (χ2v) is 9.64. The van der Waals surface area contributed by atoms with E-state index in [-0.39, 0.29) is 10.3 Å². The minimum absolute atomic E-state index is 0.153. The normalized spacial score (nSPS) is 16.4. The van der Waals surface area contributed by atoms with Crippen LogP contribution in [0, 0.1) is 0 Å². The molecule has 30 heavy (non-hydrogen) atoms. The van der Waals surface area contributed by atoms with Gasteiger partial charge in [0.05, 0.1) is 11.4 Å². The Morgan fingerprint density at radius 2 is 1.67 bits per heavy atom. The van der Waals surface area contributed by atoms with Crippen molar-refractivity contribution in [2.24, 2.45) is 4.99 Å². The van der Waals surface area contributed by atoms with Crippen molar-refractivity contribution in [3.63, 3.8) is 0 Å². The van der Waals surface area contributed by atoms with Crippen LogP contribution in [0.4, 0.5) is 0 Å². The third-order valence-corrected chi connectivity index (χ3v) is 7.24. The molecule has 0 bridgehead atoms. The Balaban J connectivity index is 1.69. The highest BCUT2D eigenvalue weighted by atomic mass is 32.2. The number of benzene rings is 2. The summed E-state index contributed by atoms with van der Waals surface area (Å²) in [6, 6.07) is 17.6. The molecule has 0 unspecified atom stereocenters. The Hall–Kier alpha value is -2.38. The van der Waals surface area contributed by atoms with Crippen molar-refractivity contribution in [1.29, 1.82) is 0 Å². The van der Waals surface area contributed by atoms with Gasteiger partial charge in [0.15, 0.2) is 5.96 Å². The van der Waals surface area contributed by atoms with Crippen molar-refractivity contribution in [3.8, 4) is 0 Å². The lowest BCUT2D eigenvalue weighted by Gasteiger charge is -2.30. The molecule has 0 atom stereocenters. The summed E-state index contributed by atoms with van der Waals surface area (Å²) in [5.74, 6) is 0.784. The fraction of sp³-hybridized carbons (Fsp3) is 0.435. The van der Waals surface area contributed by atoms with Crippen molar-refractivity contribution in [3.05, 3.63) is 65.7 Å². The summed E-state index contributed by atoms with van der Waals surface area (Å²) in [4.78, 5) is 4.97. The van der Waals surface area contributed by atoms with Gasteiger partial charge in [-0.2, -0.15) is 0 Å². The average molecular weight is 429 g/mol. The molecular weight excluding hydrogens is 396 g/mol. The highest BCUT2D eigenvalue weighted by Gasteiger charge is 2.35. The maximum Gasteiger partial charge on any atom is 0.240 e. The van der Waals surface area contributed by atoms with Crippen LogP contribution in [0.1, 0.15) is 43.7 Å². The molecule has 1 saturated carbocycles. The van der Waals surface area contributed by atoms with Crippen LogP contribution in [0.15, 0.2) is 64.5 Å². The van der Waals surface area contributed by atoms with Crippen molar-refractivity contribution in [1.82, 2.24) is 15.4 Å². The van der Waals surface area contributed by atoms with E-state index in [0.717, 1.165) is 24.6 Å². The van der Waals surface area contributed by atoms with Crippen molar-refractivity contribution < 1.29 is 8.42 Å². The smallest absolute Gasteiger partial charge is 0.240 e. The van der Waals surface area contributed by atoms with Crippen LogP contribution >= 0.6 is 0 Å². The van der Waals surface area contributed by atoms with Gasteiger partial charge in [0, 0.05) is 18.5 Å². The molecule has 1 aliphatic rings. The van der Waals surface area contributed by atoms with Gasteiger partial charge in [0.25, 0.3) is 0 Å². The first kappa shape index (κ1) is 22.3. The molecule has 0 heterocycles. The van der Waals surface area contributed by atoms with E-state index >= 15 is 0 Å². The Morgan fingerprint density at radius 1 is 1.00 bits per heavy atom. The van der Waals surface area contributed by atoms with E-state index in [1.807, 2.05) is 0 Å². The van der Waals surface area contributed by atoms with Gasteiger partial charge in [0.1, 0.15) is 0 Å². The number of hydrogen-bond acceptors (Lipinski definition) is 3. The van der Waals surface area contributed by atoms with E-state index in [0.29, 0.717) is 6.54 Å². The molecule has 162 valence electrons. The molecule has 2 aromatic carbocycles. The molecule has 0 spiro atoms. The van der Waals surface area contributed by atoms with Gasteiger partial charge < -0.3 is 10.6 Å². The summed E-state index contributed by atoms with van der Waals surface area (Å²) < 4.78 is 26.1. The lowest BCUT2D eigenvalue weighted by molar-refractivity contribution is 0.432. The first-order chi connectivity index (χ1) is 14.5. The van der Waals surface area contributed by atoms with Gasteiger partial charge in [-0.15, -0.1) is 0 Å². The predicted octanol–water partition coefficient (Wildman–Crippen LogP) is 3.16. The van der Waals surface area contributed by atoms with Crippen molar-refractivity contribution in [2.45, 2.75) is 49.5 Å². The lowest BCUT2D eigenvalue weighted by Crippen LogP contribution is -2.44. The van der Waals surface area contributed by atoms with E-state index in [1.165, 1.54) is 38.3 Å². The molecule has 0 saturated heterocycles. The summed E-state index contributed by atoms with van der Waals surface area (Å²) >= 11 is 0. The molecule has 3 rings (SSSR count). The topological polar surface area (TPSA) is 82.6 Å². The maximum atomic E-state index is 11.9. The first-order valence-electron chi connectivity index (χ1n) is 10.6. The van der Waals surface area contributed by atoms with Gasteiger partial charge in [0.2, 0.25) is 10.0 Å². The van der Waals surface area contributed by atoms with E-state index in [4.69, 9.17) is 4.99 Å². The van der Waals surface area contributed by atoms with E-state index < -0.39 is 10.0 Å². The minimum atomic E-state index is -3.42. The van der Waals surface area contributed by atoms with Crippen LogP contribution in [-0.2, 0) is 22.0 Å². The summed E-state index contributed by atoms with van der Waals surface area (Å²) in [5.41, 5.74) is 2.51. The highest BCUT2D eigenvalue weighted by molar-refractivity contribution is 7.89. The summed E-state index contributed by atoms with van der Waals surface area (Å²) in [7, 11) is -2.01. The molecule has 7 heteroatoms. The van der Waals surface area contributed by atoms with Crippen LogP contribution in [-0.4, -0.2) is 34.5 Å². The molecular formula is C23H32N4O2S. The van der Waals surface area contributed by atoms with Gasteiger partial charge in [-0.05, 0) is 50.1 Å². The molecule has 3 N–H and O–H groups in total. The molecule has 0 aliphatic heterocycles. The van der Waals surface area contributed by atoms with Crippen LogP contribution < -0.4 is 15.4 Å². The van der Waals surface area contributed by atoms with Crippen LogP contribution in [0.25, 0.3) is 0 Å². The van der Waals surface area contributed by atoms with E-state index in [9.17, 15) is 8.42 Å². The first-order valence-corrected chi connectivity index (χ1v) is 12.1. The number of aliphatic imine (C=N–C) groups is 1. The number of guanidine groups is 1. The molecule has 0 aromatic heterocycles. The Bertz CT molecular complexity index is 935. The average Bonchev–Trinajstić information content (AvgIpc) is 3.27. The minimum Gasteiger partial charge on any atom is -0.357 e. The SMILES string of the molecule is CCNC(=NCc1ccc(S(=O)(=O)NC)cc1)NCC1(c2ccccc2)CCCC1. The summed E-state index contributed by atoms with van der Waals surface area (Å²) in [6.07, 6.45) is 4.88. The van der Waals surface area contributed by atoms with Crippen LogP contribution in [0.3, 0.4) is 0 Å². The maximum absolute atomic E-state index is 11.9. The Kier molecular flexibility index (Phi) is 7.50. The molecule has 0 amide bonds. The zero-order valence-corrected chi connectivity index (χ0v) is 18.6. The van der Waals surface area contributed by atoms with E-state index in [1.54, 1.807) is 24.3 Å². The monoisotopic (exact) mass is 428 g/mol. The summed E-state index contributed by atoms with van der Waals surface area (Å²) in [6.45, 7) is 4.16. The largest absolute Gasteiger partial charge is 0.357 e. The fourth-order valence-electron chi connectivity index (χ4n) is 4.07. The zero-order valence-electron chi connectivity index (χ0n) is 17.8. The van der Waals surface area contributed by atoms with Gasteiger partial charge in [-0.1, -0.05) is 55.3 Å². The van der Waals surface area contributed by atoms with E-state index in [2.05, 4.69) is 52.6 Å². The molecule has 6 nitrogen and oxygen atoms in total. The zero-order chi connectivity index (χ0) is 21.5. The predicted molar refractivity (Wildman–Crippen MR) is 122 cm³/mol. The lowest BCUT2D eigenvalue weighted by atomic mass is 9.79. The summed E-state index contributed by atoms with van der Waals surface area (Å²) in [5, 5.41) is 6.87.